The Morgan fingerprint density at radius 2 is 2.23 bits per heavy atom. The number of halogens is 1. The van der Waals surface area contributed by atoms with E-state index in [1.54, 1.807) is 39.9 Å². The average Bonchev–Trinajstić information content (AvgIpc) is 3.10. The van der Waals surface area contributed by atoms with Crippen LogP contribution in [0.2, 0.25) is 5.02 Å². The van der Waals surface area contributed by atoms with E-state index < -0.39 is 0 Å². The molecule has 0 radical (unpaired) electrons. The van der Waals surface area contributed by atoms with Crippen LogP contribution in [-0.2, 0) is 6.54 Å². The van der Waals surface area contributed by atoms with E-state index in [1.165, 1.54) is 0 Å². The van der Waals surface area contributed by atoms with Gasteiger partial charge in [0, 0.05) is 18.3 Å². The normalized spacial score (nSPS) is 11.3. The van der Waals surface area contributed by atoms with E-state index in [0.29, 0.717) is 28.6 Å². The van der Waals surface area contributed by atoms with Gasteiger partial charge in [-0.05, 0) is 19.9 Å². The quantitative estimate of drug-likeness (QED) is 0.799. The Labute approximate surface area is 131 Å². The Balaban J connectivity index is 1.73. The van der Waals surface area contributed by atoms with Crippen molar-refractivity contribution < 1.29 is 4.79 Å². The van der Waals surface area contributed by atoms with Gasteiger partial charge in [-0.25, -0.2) is 9.50 Å². The number of carbonyl (C=O) groups is 1. The molecule has 0 aliphatic rings. The summed E-state index contributed by atoms with van der Waals surface area (Å²) in [5.74, 6) is -0.186. The molecule has 3 rings (SSSR count). The van der Waals surface area contributed by atoms with E-state index in [0.717, 1.165) is 0 Å². The van der Waals surface area contributed by atoms with Crippen LogP contribution in [-0.4, -0.2) is 30.3 Å². The molecule has 8 heteroatoms. The first-order valence-electron chi connectivity index (χ1n) is 6.86. The summed E-state index contributed by atoms with van der Waals surface area (Å²) in [4.78, 5) is 16.6. The van der Waals surface area contributed by atoms with Gasteiger partial charge in [-0.3, -0.25) is 9.48 Å². The zero-order valence-electron chi connectivity index (χ0n) is 12.2. The molecule has 0 bridgehead atoms. The summed E-state index contributed by atoms with van der Waals surface area (Å²) in [6, 6.07) is 3.53. The Bertz CT molecular complexity index is 822. The average molecular weight is 319 g/mol. The van der Waals surface area contributed by atoms with Crippen LogP contribution in [0.1, 0.15) is 36.1 Å². The maximum atomic E-state index is 12.2. The number of fused-ring (bicyclic) bond motifs is 1. The van der Waals surface area contributed by atoms with Crippen molar-refractivity contribution in [3.8, 4) is 0 Å². The maximum Gasteiger partial charge on any atom is 0.269 e. The number of hydrogen-bond acceptors (Lipinski definition) is 4. The van der Waals surface area contributed by atoms with E-state index >= 15 is 0 Å². The molecule has 3 heterocycles. The molecular formula is C14H15ClN6O. The summed E-state index contributed by atoms with van der Waals surface area (Å²) in [6.07, 6.45) is 4.91. The number of hydrogen-bond donors (Lipinski definition) is 1. The Hall–Kier alpha value is -2.41. The first-order chi connectivity index (χ1) is 10.5. The highest BCUT2D eigenvalue weighted by Gasteiger charge is 2.14. The van der Waals surface area contributed by atoms with Crippen LogP contribution in [0, 0.1) is 0 Å². The van der Waals surface area contributed by atoms with Crippen molar-refractivity contribution in [2.45, 2.75) is 26.4 Å². The lowest BCUT2D eigenvalue weighted by Crippen LogP contribution is -2.26. The van der Waals surface area contributed by atoms with Crippen molar-refractivity contribution in [3.63, 3.8) is 0 Å². The minimum atomic E-state index is -0.186. The fourth-order valence-electron chi connectivity index (χ4n) is 2.16. The van der Waals surface area contributed by atoms with Gasteiger partial charge in [0.2, 0.25) is 0 Å². The standard InChI is InChI=1S/C14H15ClN6O/c1-9(2)21-12(3-4-17-21)14(22)16-7-11-8-20-13(19-11)5-10(15)6-18-20/h3-6,8-9H,7H2,1-2H3,(H,16,22). The molecule has 0 saturated heterocycles. The van der Waals surface area contributed by atoms with Crippen molar-refractivity contribution in [1.29, 1.82) is 0 Å². The van der Waals surface area contributed by atoms with Gasteiger partial charge in [0.25, 0.3) is 5.91 Å². The van der Waals surface area contributed by atoms with Crippen LogP contribution in [0.25, 0.3) is 5.65 Å². The van der Waals surface area contributed by atoms with E-state index in [9.17, 15) is 4.79 Å². The van der Waals surface area contributed by atoms with Gasteiger partial charge in [-0.2, -0.15) is 10.2 Å². The molecule has 0 aliphatic heterocycles. The van der Waals surface area contributed by atoms with Crippen molar-refractivity contribution >= 4 is 23.2 Å². The monoisotopic (exact) mass is 318 g/mol. The van der Waals surface area contributed by atoms with Gasteiger partial charge in [-0.15, -0.1) is 0 Å². The summed E-state index contributed by atoms with van der Waals surface area (Å²) in [6.45, 7) is 4.26. The van der Waals surface area contributed by atoms with Crippen LogP contribution in [0.15, 0.2) is 30.7 Å². The van der Waals surface area contributed by atoms with Crippen LogP contribution < -0.4 is 5.32 Å². The summed E-state index contributed by atoms with van der Waals surface area (Å²) in [5.41, 5.74) is 1.88. The Morgan fingerprint density at radius 3 is 3.00 bits per heavy atom. The maximum absolute atomic E-state index is 12.2. The molecule has 0 atom stereocenters. The number of nitrogens with one attached hydrogen (secondary N) is 1. The number of imidazole rings is 1. The molecule has 0 saturated carbocycles. The molecule has 0 fully saturated rings. The summed E-state index contributed by atoms with van der Waals surface area (Å²) < 4.78 is 3.30. The topological polar surface area (TPSA) is 77.1 Å². The minimum absolute atomic E-state index is 0.122. The molecule has 0 aromatic carbocycles. The van der Waals surface area contributed by atoms with Crippen LogP contribution in [0.3, 0.4) is 0 Å². The predicted molar refractivity (Wildman–Crippen MR) is 81.8 cm³/mol. The van der Waals surface area contributed by atoms with E-state index in [1.807, 2.05) is 13.8 Å². The molecule has 3 aromatic rings. The lowest BCUT2D eigenvalue weighted by molar-refractivity contribution is 0.0938. The highest BCUT2D eigenvalue weighted by Crippen LogP contribution is 2.11. The van der Waals surface area contributed by atoms with Crippen molar-refractivity contribution in [1.82, 2.24) is 29.7 Å². The highest BCUT2D eigenvalue weighted by atomic mass is 35.5. The molecule has 0 spiro atoms. The molecule has 3 aromatic heterocycles. The lowest BCUT2D eigenvalue weighted by atomic mass is 10.3. The van der Waals surface area contributed by atoms with Crippen molar-refractivity contribution in [2.24, 2.45) is 0 Å². The zero-order valence-corrected chi connectivity index (χ0v) is 12.9. The number of carbonyl (C=O) groups excluding carboxylic acids is 1. The number of rotatable bonds is 4. The number of amides is 1. The summed E-state index contributed by atoms with van der Waals surface area (Å²) in [5, 5.41) is 11.6. The van der Waals surface area contributed by atoms with E-state index in [-0.39, 0.29) is 11.9 Å². The number of nitrogens with zero attached hydrogens (tertiary/aromatic N) is 5. The van der Waals surface area contributed by atoms with Crippen molar-refractivity contribution in [2.75, 3.05) is 0 Å². The zero-order chi connectivity index (χ0) is 15.7. The largest absolute Gasteiger partial charge is 0.345 e. The molecule has 1 N–H and O–H groups in total. The van der Waals surface area contributed by atoms with Crippen molar-refractivity contribution in [3.05, 3.63) is 47.1 Å². The second-order valence-electron chi connectivity index (χ2n) is 5.15. The third-order valence-electron chi connectivity index (χ3n) is 3.16. The molecule has 1 amide bonds. The third kappa shape index (κ3) is 2.80. The van der Waals surface area contributed by atoms with Gasteiger partial charge < -0.3 is 5.32 Å². The third-order valence-corrected chi connectivity index (χ3v) is 3.37. The van der Waals surface area contributed by atoms with Crippen LogP contribution >= 0.6 is 11.6 Å². The molecule has 0 aliphatic carbocycles. The molecule has 7 nitrogen and oxygen atoms in total. The van der Waals surface area contributed by atoms with Gasteiger partial charge in [-0.1, -0.05) is 11.6 Å². The second-order valence-corrected chi connectivity index (χ2v) is 5.58. The minimum Gasteiger partial charge on any atom is -0.345 e. The van der Waals surface area contributed by atoms with Gasteiger partial charge in [0.1, 0.15) is 5.69 Å². The van der Waals surface area contributed by atoms with Gasteiger partial charge in [0.15, 0.2) is 5.65 Å². The van der Waals surface area contributed by atoms with Crippen LogP contribution in [0.4, 0.5) is 0 Å². The SMILES string of the molecule is CC(C)n1nccc1C(=O)NCc1cn2ncc(Cl)cc2n1. The lowest BCUT2D eigenvalue weighted by Gasteiger charge is -2.10. The first-order valence-corrected chi connectivity index (χ1v) is 7.24. The van der Waals surface area contributed by atoms with E-state index in [2.05, 4.69) is 20.5 Å². The van der Waals surface area contributed by atoms with Gasteiger partial charge in [0.05, 0.1) is 29.7 Å². The predicted octanol–water partition coefficient (Wildman–Crippen LogP) is 2.09. The van der Waals surface area contributed by atoms with E-state index in [4.69, 9.17) is 11.6 Å². The Morgan fingerprint density at radius 1 is 1.41 bits per heavy atom. The van der Waals surface area contributed by atoms with Crippen LogP contribution in [0.5, 0.6) is 0 Å². The fourth-order valence-corrected chi connectivity index (χ4v) is 2.30. The molecule has 114 valence electrons. The second kappa shape index (κ2) is 5.76. The molecule has 0 unspecified atom stereocenters. The highest BCUT2D eigenvalue weighted by molar-refractivity contribution is 6.30. The van der Waals surface area contributed by atoms with Gasteiger partial charge >= 0.3 is 0 Å². The Kier molecular flexibility index (Phi) is 3.81. The summed E-state index contributed by atoms with van der Waals surface area (Å²) >= 11 is 5.87. The summed E-state index contributed by atoms with van der Waals surface area (Å²) in [7, 11) is 0. The molecule has 22 heavy (non-hydrogen) atoms. The smallest absolute Gasteiger partial charge is 0.269 e. The molecular weight excluding hydrogens is 304 g/mol. The number of aromatic nitrogens is 5. The first kappa shape index (κ1) is 14.5. The fraction of sp³-hybridized carbons (Fsp3) is 0.286.